The van der Waals surface area contributed by atoms with E-state index in [0.29, 0.717) is 22.0 Å². The summed E-state index contributed by atoms with van der Waals surface area (Å²) in [4.78, 5) is 11.3. The van der Waals surface area contributed by atoms with Crippen molar-refractivity contribution in [2.24, 2.45) is 5.73 Å². The van der Waals surface area contributed by atoms with Gasteiger partial charge in [-0.05, 0) is 36.8 Å². The zero-order valence-electron chi connectivity index (χ0n) is 11.1. The highest BCUT2D eigenvalue weighted by Crippen LogP contribution is 2.27. The first-order valence-electron chi connectivity index (χ1n) is 6.19. The van der Waals surface area contributed by atoms with Crippen LogP contribution in [0, 0.1) is 0 Å². The molecule has 104 valence electrons. The van der Waals surface area contributed by atoms with Gasteiger partial charge in [-0.3, -0.25) is 4.79 Å². The minimum Gasteiger partial charge on any atom is -0.396 e. The highest BCUT2D eigenvalue weighted by atomic mass is 35.5. The van der Waals surface area contributed by atoms with Gasteiger partial charge >= 0.3 is 0 Å². The Morgan fingerprint density at radius 3 is 2.45 bits per heavy atom. The van der Waals surface area contributed by atoms with Gasteiger partial charge in [0.05, 0.1) is 16.9 Å². The molecule has 20 heavy (non-hydrogen) atoms. The highest BCUT2D eigenvalue weighted by molar-refractivity contribution is 6.30. The van der Waals surface area contributed by atoms with Crippen LogP contribution < -0.4 is 16.8 Å². The van der Waals surface area contributed by atoms with Crippen LogP contribution in [-0.2, 0) is 0 Å². The molecule has 5 N–H and O–H groups in total. The van der Waals surface area contributed by atoms with Crippen molar-refractivity contribution in [3.05, 3.63) is 58.6 Å². The minimum absolute atomic E-state index is 0.0256. The number of carbonyl (C=O) groups is 1. The number of carbonyl (C=O) groups excluding carboxylic acids is 1. The van der Waals surface area contributed by atoms with Crippen LogP contribution in [0.3, 0.4) is 0 Å². The molecule has 0 aliphatic carbocycles. The van der Waals surface area contributed by atoms with Crippen LogP contribution in [0.15, 0.2) is 42.5 Å². The third-order valence-electron chi connectivity index (χ3n) is 3.11. The van der Waals surface area contributed by atoms with E-state index in [4.69, 9.17) is 23.1 Å². The van der Waals surface area contributed by atoms with E-state index in [1.165, 1.54) is 0 Å². The van der Waals surface area contributed by atoms with E-state index in [1.54, 1.807) is 12.1 Å². The first kappa shape index (κ1) is 14.2. The monoisotopic (exact) mass is 289 g/mol. The predicted octanol–water partition coefficient (Wildman–Crippen LogP) is 3.19. The molecular weight excluding hydrogens is 274 g/mol. The topological polar surface area (TPSA) is 81.1 Å². The van der Waals surface area contributed by atoms with Gasteiger partial charge in [0, 0.05) is 11.1 Å². The molecule has 1 atom stereocenters. The van der Waals surface area contributed by atoms with Crippen molar-refractivity contribution < 1.29 is 4.79 Å². The summed E-state index contributed by atoms with van der Waals surface area (Å²) in [6.07, 6.45) is 0. The van der Waals surface area contributed by atoms with Crippen LogP contribution >= 0.6 is 11.6 Å². The maximum absolute atomic E-state index is 11.3. The third kappa shape index (κ3) is 3.03. The summed E-state index contributed by atoms with van der Waals surface area (Å²) in [5.74, 6) is -0.537. The van der Waals surface area contributed by atoms with Crippen molar-refractivity contribution in [2.45, 2.75) is 13.0 Å². The minimum atomic E-state index is -0.537. The molecular formula is C15H16ClN3O. The van der Waals surface area contributed by atoms with Crippen LogP contribution in [0.1, 0.15) is 28.9 Å². The molecule has 0 heterocycles. The Bertz CT molecular complexity index is 626. The number of rotatable bonds is 4. The maximum atomic E-state index is 11.3. The lowest BCUT2D eigenvalue weighted by Gasteiger charge is -2.18. The van der Waals surface area contributed by atoms with Crippen molar-refractivity contribution in [3.63, 3.8) is 0 Å². The fourth-order valence-corrected chi connectivity index (χ4v) is 2.10. The molecule has 0 saturated heterocycles. The number of hydrogen-bond donors (Lipinski definition) is 3. The fraction of sp³-hybridized carbons (Fsp3) is 0.133. The molecule has 1 amide bonds. The van der Waals surface area contributed by atoms with E-state index in [-0.39, 0.29) is 6.04 Å². The lowest BCUT2D eigenvalue weighted by Crippen LogP contribution is -2.15. The van der Waals surface area contributed by atoms with E-state index < -0.39 is 5.91 Å². The number of hydrogen-bond acceptors (Lipinski definition) is 3. The Balaban J connectivity index is 2.23. The van der Waals surface area contributed by atoms with Gasteiger partial charge < -0.3 is 16.8 Å². The molecule has 1 unspecified atom stereocenters. The van der Waals surface area contributed by atoms with Crippen molar-refractivity contribution in [1.29, 1.82) is 0 Å². The van der Waals surface area contributed by atoms with Crippen LogP contribution in [0.2, 0.25) is 5.02 Å². The van der Waals surface area contributed by atoms with Gasteiger partial charge in [0.2, 0.25) is 0 Å². The van der Waals surface area contributed by atoms with E-state index in [0.717, 1.165) is 5.56 Å². The highest BCUT2D eigenvalue weighted by Gasteiger charge is 2.12. The van der Waals surface area contributed by atoms with Gasteiger partial charge in [0.15, 0.2) is 0 Å². The molecule has 0 saturated carbocycles. The number of primary amides is 1. The van der Waals surface area contributed by atoms with Gasteiger partial charge in [-0.1, -0.05) is 29.8 Å². The zero-order chi connectivity index (χ0) is 14.7. The Kier molecular flexibility index (Phi) is 4.15. The third-order valence-corrected chi connectivity index (χ3v) is 3.37. The maximum Gasteiger partial charge on any atom is 0.250 e. The summed E-state index contributed by atoms with van der Waals surface area (Å²) in [5.41, 5.74) is 13.7. The van der Waals surface area contributed by atoms with Crippen LogP contribution in [0.25, 0.3) is 0 Å². The average molecular weight is 290 g/mol. The number of halogens is 1. The number of nitrogen functional groups attached to an aromatic ring is 1. The van der Waals surface area contributed by atoms with Gasteiger partial charge in [-0.2, -0.15) is 0 Å². The molecule has 4 nitrogen and oxygen atoms in total. The number of para-hydroxylation sites is 1. The van der Waals surface area contributed by atoms with Crippen molar-refractivity contribution >= 4 is 28.9 Å². The Labute approximate surface area is 122 Å². The normalized spacial score (nSPS) is 11.9. The second kappa shape index (κ2) is 5.84. The summed E-state index contributed by atoms with van der Waals surface area (Å²) >= 11 is 5.87. The summed E-state index contributed by atoms with van der Waals surface area (Å²) in [5, 5.41) is 3.96. The van der Waals surface area contributed by atoms with Gasteiger partial charge in [-0.25, -0.2) is 0 Å². The molecule has 0 radical (unpaired) electrons. The lowest BCUT2D eigenvalue weighted by molar-refractivity contribution is 0.100. The molecule has 2 aromatic carbocycles. The SMILES string of the molecule is CC(Nc1cccc(C(N)=O)c1N)c1ccc(Cl)cc1. The van der Waals surface area contributed by atoms with Crippen LogP contribution in [-0.4, -0.2) is 5.91 Å². The molecule has 0 aliphatic heterocycles. The lowest BCUT2D eigenvalue weighted by atomic mass is 10.1. The second-order valence-electron chi connectivity index (χ2n) is 4.55. The Hall–Kier alpha value is -2.20. The predicted molar refractivity (Wildman–Crippen MR) is 82.9 cm³/mol. The zero-order valence-corrected chi connectivity index (χ0v) is 11.8. The van der Waals surface area contributed by atoms with Crippen molar-refractivity contribution in [2.75, 3.05) is 11.1 Å². The van der Waals surface area contributed by atoms with E-state index in [2.05, 4.69) is 5.32 Å². The van der Waals surface area contributed by atoms with Gasteiger partial charge in [0.25, 0.3) is 5.91 Å². The molecule has 0 fully saturated rings. The summed E-state index contributed by atoms with van der Waals surface area (Å²) in [6.45, 7) is 2.00. The quantitative estimate of drug-likeness (QED) is 0.756. The summed E-state index contributed by atoms with van der Waals surface area (Å²) in [7, 11) is 0. The standard InChI is InChI=1S/C15H16ClN3O/c1-9(10-5-7-11(16)8-6-10)19-13-4-2-3-12(14(13)17)15(18)20/h2-9,19H,17H2,1H3,(H2,18,20). The van der Waals surface area contributed by atoms with E-state index in [1.807, 2.05) is 37.3 Å². The number of nitrogens with two attached hydrogens (primary N) is 2. The van der Waals surface area contributed by atoms with Crippen molar-refractivity contribution in [1.82, 2.24) is 0 Å². The molecule has 0 bridgehead atoms. The largest absolute Gasteiger partial charge is 0.396 e. The first-order valence-corrected chi connectivity index (χ1v) is 6.57. The molecule has 0 aliphatic rings. The number of amides is 1. The number of anilines is 2. The van der Waals surface area contributed by atoms with Crippen molar-refractivity contribution in [3.8, 4) is 0 Å². The summed E-state index contributed by atoms with van der Waals surface area (Å²) in [6, 6.07) is 12.7. The smallest absolute Gasteiger partial charge is 0.250 e. The molecule has 2 rings (SSSR count). The second-order valence-corrected chi connectivity index (χ2v) is 4.99. The van der Waals surface area contributed by atoms with Crippen LogP contribution in [0.4, 0.5) is 11.4 Å². The fourth-order valence-electron chi connectivity index (χ4n) is 1.97. The Morgan fingerprint density at radius 2 is 1.85 bits per heavy atom. The van der Waals surface area contributed by atoms with E-state index >= 15 is 0 Å². The Morgan fingerprint density at radius 1 is 1.20 bits per heavy atom. The molecule has 5 heteroatoms. The van der Waals surface area contributed by atoms with Crippen LogP contribution in [0.5, 0.6) is 0 Å². The average Bonchev–Trinajstić information content (AvgIpc) is 2.41. The number of benzene rings is 2. The molecule has 2 aromatic rings. The molecule has 0 aromatic heterocycles. The molecule has 0 spiro atoms. The number of nitrogens with one attached hydrogen (secondary N) is 1. The van der Waals surface area contributed by atoms with Gasteiger partial charge in [0.1, 0.15) is 0 Å². The first-order chi connectivity index (χ1) is 9.49. The van der Waals surface area contributed by atoms with E-state index in [9.17, 15) is 4.79 Å². The van der Waals surface area contributed by atoms with Gasteiger partial charge in [-0.15, -0.1) is 0 Å². The summed E-state index contributed by atoms with van der Waals surface area (Å²) < 4.78 is 0.